The van der Waals surface area contributed by atoms with Crippen LogP contribution in [-0.4, -0.2) is 44.3 Å². The molecular weight excluding hydrogens is 522 g/mol. The van der Waals surface area contributed by atoms with Crippen molar-refractivity contribution in [3.63, 3.8) is 0 Å². The highest BCUT2D eigenvalue weighted by molar-refractivity contribution is 7.92. The Morgan fingerprint density at radius 1 is 0.921 bits per heavy atom. The number of sulfonamides is 1. The molecule has 7 nitrogen and oxygen atoms in total. The van der Waals surface area contributed by atoms with E-state index < -0.39 is 28.5 Å². The number of hydrogen-bond donors (Lipinski definition) is 1. The number of benzene rings is 3. The summed E-state index contributed by atoms with van der Waals surface area (Å²) in [5.41, 5.74) is 2.14. The van der Waals surface area contributed by atoms with Crippen LogP contribution in [0.3, 0.4) is 0 Å². The van der Waals surface area contributed by atoms with Gasteiger partial charge in [-0.05, 0) is 61.7 Å². The molecule has 0 unspecified atom stereocenters. The van der Waals surface area contributed by atoms with Gasteiger partial charge in [0.2, 0.25) is 11.8 Å². The van der Waals surface area contributed by atoms with Crippen molar-refractivity contribution in [3.05, 3.63) is 95.0 Å². The monoisotopic (exact) mass is 555 g/mol. The third-order valence-corrected chi connectivity index (χ3v) is 8.17. The van der Waals surface area contributed by atoms with Crippen molar-refractivity contribution in [3.8, 4) is 0 Å². The van der Waals surface area contributed by atoms with Crippen molar-refractivity contribution in [2.45, 2.75) is 51.1 Å². The van der Waals surface area contributed by atoms with Gasteiger partial charge in [-0.15, -0.1) is 0 Å². The van der Waals surface area contributed by atoms with Crippen LogP contribution in [0.15, 0.2) is 83.8 Å². The lowest BCUT2D eigenvalue weighted by atomic mass is 10.1. The Kier molecular flexibility index (Phi) is 10.3. The molecule has 0 fully saturated rings. The molecule has 1 atom stereocenters. The zero-order valence-electron chi connectivity index (χ0n) is 21.9. The Labute approximate surface area is 230 Å². The molecule has 3 rings (SSSR count). The lowest BCUT2D eigenvalue weighted by Crippen LogP contribution is -2.52. The van der Waals surface area contributed by atoms with Crippen molar-refractivity contribution in [2.75, 3.05) is 17.4 Å². The average molecular weight is 556 g/mol. The number of rotatable bonds is 12. The Morgan fingerprint density at radius 2 is 1.55 bits per heavy atom. The summed E-state index contributed by atoms with van der Waals surface area (Å²) in [5, 5.41) is 3.28. The van der Waals surface area contributed by atoms with E-state index in [0.29, 0.717) is 23.7 Å². The normalized spacial score (nSPS) is 12.0. The first kappa shape index (κ1) is 29.2. The van der Waals surface area contributed by atoms with E-state index in [-0.39, 0.29) is 17.3 Å². The van der Waals surface area contributed by atoms with E-state index in [9.17, 15) is 18.0 Å². The van der Waals surface area contributed by atoms with Gasteiger partial charge in [0.15, 0.2) is 0 Å². The fraction of sp³-hybridized carbons (Fsp3) is 0.310. The zero-order chi connectivity index (χ0) is 27.7. The first-order chi connectivity index (χ1) is 18.2. The highest BCUT2D eigenvalue weighted by Crippen LogP contribution is 2.26. The topological polar surface area (TPSA) is 86.8 Å². The second-order valence-corrected chi connectivity index (χ2v) is 11.3. The van der Waals surface area contributed by atoms with E-state index >= 15 is 0 Å². The highest BCUT2D eigenvalue weighted by atomic mass is 35.5. The molecule has 1 N–H and O–H groups in total. The summed E-state index contributed by atoms with van der Waals surface area (Å²) in [5.74, 6) is -0.744. The number of carbonyl (C=O) groups excluding carboxylic acids is 2. The lowest BCUT2D eigenvalue weighted by Gasteiger charge is -2.33. The Morgan fingerprint density at radius 3 is 2.13 bits per heavy atom. The van der Waals surface area contributed by atoms with Crippen molar-refractivity contribution in [2.24, 2.45) is 0 Å². The third-order valence-electron chi connectivity index (χ3n) is 6.13. The fourth-order valence-corrected chi connectivity index (χ4v) is 5.58. The van der Waals surface area contributed by atoms with Crippen LogP contribution in [-0.2, 0) is 26.2 Å². The van der Waals surface area contributed by atoms with E-state index in [2.05, 4.69) is 5.32 Å². The van der Waals surface area contributed by atoms with E-state index in [1.54, 1.807) is 24.3 Å². The number of nitrogens with zero attached hydrogens (tertiary/aromatic N) is 2. The lowest BCUT2D eigenvalue weighted by molar-refractivity contribution is -0.140. The van der Waals surface area contributed by atoms with Crippen LogP contribution in [0.5, 0.6) is 0 Å². The molecule has 3 aromatic carbocycles. The van der Waals surface area contributed by atoms with Crippen LogP contribution >= 0.6 is 11.6 Å². The fourth-order valence-electron chi connectivity index (χ4n) is 4.04. The molecule has 0 saturated carbocycles. The predicted octanol–water partition coefficient (Wildman–Crippen LogP) is 5.18. The molecule has 0 aliphatic rings. The summed E-state index contributed by atoms with van der Waals surface area (Å²) in [7, 11) is -4.13. The van der Waals surface area contributed by atoms with E-state index in [0.717, 1.165) is 21.9 Å². The van der Waals surface area contributed by atoms with Crippen molar-refractivity contribution >= 4 is 39.1 Å². The van der Waals surface area contributed by atoms with Gasteiger partial charge in [0.25, 0.3) is 10.0 Å². The van der Waals surface area contributed by atoms with Crippen LogP contribution in [0, 0.1) is 6.92 Å². The van der Waals surface area contributed by atoms with E-state index in [1.165, 1.54) is 29.2 Å². The van der Waals surface area contributed by atoms with Crippen molar-refractivity contribution in [1.82, 2.24) is 10.2 Å². The van der Waals surface area contributed by atoms with Crippen molar-refractivity contribution in [1.29, 1.82) is 0 Å². The Balaban J connectivity index is 2.03. The molecule has 0 bridgehead atoms. The van der Waals surface area contributed by atoms with Crippen LogP contribution in [0.4, 0.5) is 5.69 Å². The SMILES string of the molecule is CCCNC(=O)[C@@H](CC)N(Cc1ccccc1)C(=O)CN(c1ccc(C)cc1)S(=O)(=O)c1ccc(Cl)cc1. The second-order valence-electron chi connectivity index (χ2n) is 9.02. The van der Waals surface area contributed by atoms with Crippen LogP contribution in [0.1, 0.15) is 37.8 Å². The highest BCUT2D eigenvalue weighted by Gasteiger charge is 2.33. The van der Waals surface area contributed by atoms with Gasteiger partial charge in [-0.2, -0.15) is 0 Å². The minimum absolute atomic E-state index is 0.0117. The maximum absolute atomic E-state index is 13.9. The van der Waals surface area contributed by atoms with Gasteiger partial charge < -0.3 is 10.2 Å². The van der Waals surface area contributed by atoms with Crippen LogP contribution in [0.25, 0.3) is 0 Å². The van der Waals surface area contributed by atoms with Gasteiger partial charge in [-0.25, -0.2) is 8.42 Å². The standard InChI is InChI=1S/C29H34ClN3O4S/c1-4-19-31-29(35)27(5-2)32(20-23-9-7-6-8-10-23)28(34)21-33(25-15-11-22(3)12-16-25)38(36,37)26-17-13-24(30)14-18-26/h6-18,27H,4-5,19-21H2,1-3H3,(H,31,35)/t27-/m1/s1. The summed E-state index contributed by atoms with van der Waals surface area (Å²) in [6.45, 7) is 5.87. The molecule has 0 spiro atoms. The smallest absolute Gasteiger partial charge is 0.264 e. The number of nitrogens with one attached hydrogen (secondary N) is 1. The van der Waals surface area contributed by atoms with Gasteiger partial charge >= 0.3 is 0 Å². The van der Waals surface area contributed by atoms with Gasteiger partial charge in [-0.1, -0.05) is 73.5 Å². The largest absolute Gasteiger partial charge is 0.354 e. The number of carbonyl (C=O) groups is 2. The summed E-state index contributed by atoms with van der Waals surface area (Å²) in [4.78, 5) is 28.5. The number of halogens is 1. The third kappa shape index (κ3) is 7.36. The Hall–Kier alpha value is -3.36. The number of anilines is 1. The molecule has 0 radical (unpaired) electrons. The summed E-state index contributed by atoms with van der Waals surface area (Å²) in [6, 6.07) is 21.3. The molecule has 0 aliphatic heterocycles. The molecule has 3 aromatic rings. The minimum Gasteiger partial charge on any atom is -0.354 e. The van der Waals surface area contributed by atoms with Gasteiger partial charge in [-0.3, -0.25) is 13.9 Å². The summed E-state index contributed by atoms with van der Waals surface area (Å²) >= 11 is 5.99. The molecule has 0 heterocycles. The second kappa shape index (κ2) is 13.4. The first-order valence-electron chi connectivity index (χ1n) is 12.6. The van der Waals surface area contributed by atoms with Crippen molar-refractivity contribution < 1.29 is 18.0 Å². The maximum atomic E-state index is 13.9. The van der Waals surface area contributed by atoms with Crippen LogP contribution in [0.2, 0.25) is 5.02 Å². The van der Waals surface area contributed by atoms with Gasteiger partial charge in [0.1, 0.15) is 12.6 Å². The minimum atomic E-state index is -4.13. The van der Waals surface area contributed by atoms with Gasteiger partial charge in [0.05, 0.1) is 10.6 Å². The maximum Gasteiger partial charge on any atom is 0.264 e. The summed E-state index contributed by atoms with van der Waals surface area (Å²) < 4.78 is 28.7. The van der Waals surface area contributed by atoms with Crippen LogP contribution < -0.4 is 9.62 Å². The van der Waals surface area contributed by atoms with Gasteiger partial charge in [0, 0.05) is 18.1 Å². The predicted molar refractivity (Wildman–Crippen MR) is 152 cm³/mol. The molecule has 38 heavy (non-hydrogen) atoms. The van der Waals surface area contributed by atoms with E-state index in [1.807, 2.05) is 51.1 Å². The molecule has 0 aliphatic carbocycles. The molecule has 9 heteroatoms. The molecule has 0 saturated heterocycles. The molecular formula is C29H34ClN3O4S. The average Bonchev–Trinajstić information content (AvgIpc) is 2.91. The molecule has 202 valence electrons. The molecule has 0 aromatic heterocycles. The van der Waals surface area contributed by atoms with E-state index in [4.69, 9.17) is 11.6 Å². The zero-order valence-corrected chi connectivity index (χ0v) is 23.5. The first-order valence-corrected chi connectivity index (χ1v) is 14.4. The molecule has 2 amide bonds. The number of hydrogen-bond acceptors (Lipinski definition) is 4. The quantitative estimate of drug-likeness (QED) is 0.334. The number of amides is 2. The Bertz CT molecular complexity index is 1310. The number of aryl methyl sites for hydroxylation is 1. The summed E-state index contributed by atoms with van der Waals surface area (Å²) in [6.07, 6.45) is 1.14.